The number of rotatable bonds is 14. The van der Waals surface area contributed by atoms with Crippen molar-refractivity contribution in [1.29, 1.82) is 0 Å². The summed E-state index contributed by atoms with van der Waals surface area (Å²) in [5, 5.41) is 3.05. The lowest BCUT2D eigenvalue weighted by Gasteiger charge is -2.32. The fourth-order valence-corrected chi connectivity index (χ4v) is 3.99. The van der Waals surface area contributed by atoms with Gasteiger partial charge in [0.25, 0.3) is 0 Å². The van der Waals surface area contributed by atoms with E-state index in [1.165, 1.54) is 0 Å². The molecule has 0 aromatic heterocycles. The number of hydrogen-bond donors (Lipinski definition) is 1. The third-order valence-electron chi connectivity index (χ3n) is 6.01. The van der Waals surface area contributed by atoms with Crippen molar-refractivity contribution < 1.29 is 19.1 Å². The van der Waals surface area contributed by atoms with Crippen molar-refractivity contribution >= 4 is 11.8 Å². The standard InChI is InChI=1S/C31H38N2O4/c1-24(2)22-32-31(35)29(21-25-11-6-4-7-12-25)33(23-26-13-8-5-9-14-26)30(34)15-10-20-37-28-18-16-27(36-3)17-19-28/h4-9,11-14,16-19,24,29H,10,15,20-23H2,1-3H3,(H,32,35). The van der Waals surface area contributed by atoms with Gasteiger partial charge in [-0.05, 0) is 47.7 Å². The minimum atomic E-state index is -0.614. The van der Waals surface area contributed by atoms with Crippen LogP contribution in [0.15, 0.2) is 84.9 Å². The lowest BCUT2D eigenvalue weighted by Crippen LogP contribution is -2.51. The molecule has 0 aliphatic carbocycles. The molecule has 3 rings (SSSR count). The van der Waals surface area contributed by atoms with Gasteiger partial charge in [-0.1, -0.05) is 74.5 Å². The number of ether oxygens (including phenoxy) is 2. The quantitative estimate of drug-likeness (QED) is 0.305. The van der Waals surface area contributed by atoms with Crippen LogP contribution < -0.4 is 14.8 Å². The SMILES string of the molecule is COc1ccc(OCCCC(=O)N(Cc2ccccc2)C(Cc2ccccc2)C(=O)NCC(C)C)cc1. The van der Waals surface area contributed by atoms with Crippen LogP contribution in [0.1, 0.15) is 37.8 Å². The highest BCUT2D eigenvalue weighted by atomic mass is 16.5. The second-order valence-electron chi connectivity index (χ2n) is 9.48. The summed E-state index contributed by atoms with van der Waals surface area (Å²) in [6.45, 7) is 5.45. The van der Waals surface area contributed by atoms with Gasteiger partial charge >= 0.3 is 0 Å². The number of carbonyl (C=O) groups excluding carboxylic acids is 2. The van der Waals surface area contributed by atoms with Crippen LogP contribution in [0.2, 0.25) is 0 Å². The molecule has 0 aliphatic rings. The van der Waals surface area contributed by atoms with Gasteiger partial charge in [-0.2, -0.15) is 0 Å². The average molecular weight is 503 g/mol. The minimum absolute atomic E-state index is 0.0668. The van der Waals surface area contributed by atoms with Crippen LogP contribution in [0.4, 0.5) is 0 Å². The molecule has 1 N–H and O–H groups in total. The Balaban J connectivity index is 1.73. The summed E-state index contributed by atoms with van der Waals surface area (Å²) < 4.78 is 11.0. The van der Waals surface area contributed by atoms with Crippen LogP contribution in [0, 0.1) is 5.92 Å². The first-order valence-corrected chi connectivity index (χ1v) is 12.9. The Kier molecular flexibility index (Phi) is 11.0. The molecule has 0 saturated carbocycles. The van der Waals surface area contributed by atoms with E-state index in [1.807, 2.05) is 84.9 Å². The van der Waals surface area contributed by atoms with Gasteiger partial charge in [-0.3, -0.25) is 9.59 Å². The molecule has 0 saturated heterocycles. The largest absolute Gasteiger partial charge is 0.497 e. The van der Waals surface area contributed by atoms with Crippen LogP contribution in [0.25, 0.3) is 0 Å². The Bertz CT molecular complexity index is 1090. The summed E-state index contributed by atoms with van der Waals surface area (Å²) >= 11 is 0. The molecule has 0 radical (unpaired) electrons. The van der Waals surface area contributed by atoms with Crippen LogP contribution in [-0.4, -0.2) is 43.0 Å². The topological polar surface area (TPSA) is 67.9 Å². The van der Waals surface area contributed by atoms with Crippen molar-refractivity contribution in [3.63, 3.8) is 0 Å². The number of nitrogens with one attached hydrogen (secondary N) is 1. The molecule has 0 aliphatic heterocycles. The Hall–Kier alpha value is -3.80. The van der Waals surface area contributed by atoms with Gasteiger partial charge in [0.2, 0.25) is 11.8 Å². The maximum absolute atomic E-state index is 13.6. The molecule has 0 fully saturated rings. The van der Waals surface area contributed by atoms with E-state index in [9.17, 15) is 9.59 Å². The predicted octanol–water partition coefficient (Wildman–Crippen LogP) is 5.27. The third-order valence-corrected chi connectivity index (χ3v) is 6.01. The highest BCUT2D eigenvalue weighted by Crippen LogP contribution is 2.19. The van der Waals surface area contributed by atoms with Gasteiger partial charge in [0, 0.05) is 25.9 Å². The number of nitrogens with zero attached hydrogens (tertiary/aromatic N) is 1. The number of amides is 2. The van der Waals surface area contributed by atoms with Gasteiger partial charge in [0.1, 0.15) is 17.5 Å². The van der Waals surface area contributed by atoms with Crippen molar-refractivity contribution in [1.82, 2.24) is 10.2 Å². The average Bonchev–Trinajstić information content (AvgIpc) is 2.93. The summed E-state index contributed by atoms with van der Waals surface area (Å²) in [5.74, 6) is 1.61. The van der Waals surface area contributed by atoms with Crippen LogP contribution in [0.3, 0.4) is 0 Å². The molecule has 0 spiro atoms. The van der Waals surface area contributed by atoms with E-state index >= 15 is 0 Å². The number of carbonyl (C=O) groups is 2. The zero-order valence-corrected chi connectivity index (χ0v) is 22.1. The van der Waals surface area contributed by atoms with E-state index in [-0.39, 0.29) is 18.2 Å². The zero-order chi connectivity index (χ0) is 26.5. The Morgan fingerprint density at radius 2 is 1.43 bits per heavy atom. The van der Waals surface area contributed by atoms with Crippen molar-refractivity contribution in [2.24, 2.45) is 5.92 Å². The number of hydrogen-bond acceptors (Lipinski definition) is 4. The van der Waals surface area contributed by atoms with Gasteiger partial charge in [-0.15, -0.1) is 0 Å². The van der Waals surface area contributed by atoms with Crippen LogP contribution in [0.5, 0.6) is 11.5 Å². The first-order valence-electron chi connectivity index (χ1n) is 12.9. The van der Waals surface area contributed by atoms with Crippen molar-refractivity contribution in [2.45, 2.75) is 45.7 Å². The maximum Gasteiger partial charge on any atom is 0.243 e. The summed E-state index contributed by atoms with van der Waals surface area (Å²) in [6, 6.07) is 26.4. The van der Waals surface area contributed by atoms with Crippen LogP contribution in [-0.2, 0) is 22.6 Å². The number of benzene rings is 3. The molecule has 2 amide bonds. The first kappa shape index (κ1) is 27.8. The fourth-order valence-electron chi connectivity index (χ4n) is 3.99. The molecule has 196 valence electrons. The lowest BCUT2D eigenvalue weighted by molar-refractivity contribution is -0.141. The Morgan fingerprint density at radius 3 is 2.03 bits per heavy atom. The van der Waals surface area contributed by atoms with Crippen molar-refractivity contribution in [2.75, 3.05) is 20.3 Å². The first-order chi connectivity index (χ1) is 18.0. The molecule has 3 aromatic rings. The Labute approximate surface area is 220 Å². The van der Waals surface area contributed by atoms with Crippen molar-refractivity contribution in [3.8, 4) is 11.5 Å². The molecule has 1 atom stereocenters. The van der Waals surface area contributed by atoms with E-state index in [4.69, 9.17) is 9.47 Å². The molecule has 0 heterocycles. The van der Waals surface area contributed by atoms with E-state index < -0.39 is 6.04 Å². The fraction of sp³-hybridized carbons (Fsp3) is 0.355. The third kappa shape index (κ3) is 9.30. The molecule has 1 unspecified atom stereocenters. The summed E-state index contributed by atoms with van der Waals surface area (Å²) in [5.41, 5.74) is 2.00. The van der Waals surface area contributed by atoms with E-state index in [2.05, 4.69) is 19.2 Å². The van der Waals surface area contributed by atoms with E-state index in [1.54, 1.807) is 12.0 Å². The second-order valence-corrected chi connectivity index (χ2v) is 9.48. The van der Waals surface area contributed by atoms with Gasteiger partial charge in [0.05, 0.1) is 13.7 Å². The monoisotopic (exact) mass is 502 g/mol. The summed E-state index contributed by atoms with van der Waals surface area (Å²) in [4.78, 5) is 28.7. The predicted molar refractivity (Wildman–Crippen MR) is 146 cm³/mol. The summed E-state index contributed by atoms with van der Waals surface area (Å²) in [7, 11) is 1.62. The summed E-state index contributed by atoms with van der Waals surface area (Å²) in [6.07, 6.45) is 1.28. The minimum Gasteiger partial charge on any atom is -0.497 e. The van der Waals surface area contributed by atoms with Gasteiger partial charge < -0.3 is 19.7 Å². The highest BCUT2D eigenvalue weighted by Gasteiger charge is 2.30. The normalized spacial score (nSPS) is 11.6. The molecule has 0 bridgehead atoms. The molecule has 37 heavy (non-hydrogen) atoms. The molecular weight excluding hydrogens is 464 g/mol. The highest BCUT2D eigenvalue weighted by molar-refractivity contribution is 5.88. The molecular formula is C31H38N2O4. The number of methoxy groups -OCH3 is 1. The molecule has 6 heteroatoms. The van der Waals surface area contributed by atoms with Gasteiger partial charge in [-0.25, -0.2) is 0 Å². The lowest BCUT2D eigenvalue weighted by atomic mass is 10.0. The maximum atomic E-state index is 13.6. The van der Waals surface area contributed by atoms with E-state index in [0.29, 0.717) is 38.5 Å². The second kappa shape index (κ2) is 14.7. The zero-order valence-electron chi connectivity index (χ0n) is 22.1. The molecule has 3 aromatic carbocycles. The molecule has 6 nitrogen and oxygen atoms in total. The van der Waals surface area contributed by atoms with E-state index in [0.717, 1.165) is 22.6 Å². The van der Waals surface area contributed by atoms with Gasteiger partial charge in [0.15, 0.2) is 0 Å². The van der Waals surface area contributed by atoms with Crippen molar-refractivity contribution in [3.05, 3.63) is 96.1 Å². The van der Waals surface area contributed by atoms with Crippen LogP contribution >= 0.6 is 0 Å². The Morgan fingerprint density at radius 1 is 0.838 bits per heavy atom. The smallest absolute Gasteiger partial charge is 0.243 e.